The summed E-state index contributed by atoms with van der Waals surface area (Å²) >= 11 is 1.44. The van der Waals surface area contributed by atoms with Gasteiger partial charge < -0.3 is 9.47 Å². The number of rotatable bonds is 21. The summed E-state index contributed by atoms with van der Waals surface area (Å²) in [5.41, 5.74) is 5.39. The predicted molar refractivity (Wildman–Crippen MR) is 197 cm³/mol. The lowest BCUT2D eigenvalue weighted by Crippen LogP contribution is -2.15. The number of unbranched alkanes of at least 4 members (excludes halogenated alkanes) is 10. The van der Waals surface area contributed by atoms with Crippen LogP contribution in [0, 0.1) is 0 Å². The molecule has 47 heavy (non-hydrogen) atoms. The molecule has 0 fully saturated rings. The maximum Gasteiger partial charge on any atom is 0.338 e. The fourth-order valence-electron chi connectivity index (χ4n) is 5.70. The molecule has 0 radical (unpaired) electrons. The number of ketones is 1. The average Bonchev–Trinajstić information content (AvgIpc) is 3.60. The van der Waals surface area contributed by atoms with Gasteiger partial charge in [-0.2, -0.15) is 0 Å². The molecule has 0 aliphatic rings. The Morgan fingerprint density at radius 2 is 1.13 bits per heavy atom. The third-order valence-corrected chi connectivity index (χ3v) is 9.58. The SMILES string of the molecule is CCCCCCCCCCOc1ccc(-c2ccc(-c3csc(C(=O)c4ccc(C(=O)O[C@@H](C)CCCCCC)cc4)c3)cc2)cc1. The van der Waals surface area contributed by atoms with E-state index in [4.69, 9.17) is 9.47 Å². The molecule has 1 aromatic heterocycles. The lowest BCUT2D eigenvalue weighted by Gasteiger charge is -2.13. The minimum absolute atomic E-state index is 0.0493. The van der Waals surface area contributed by atoms with Gasteiger partial charge in [0.15, 0.2) is 0 Å². The number of esters is 1. The predicted octanol–water partition coefficient (Wildman–Crippen LogP) is 12.3. The van der Waals surface area contributed by atoms with Crippen LogP contribution in [-0.2, 0) is 4.74 Å². The van der Waals surface area contributed by atoms with Crippen LogP contribution in [0.3, 0.4) is 0 Å². The van der Waals surface area contributed by atoms with Gasteiger partial charge in [-0.1, -0.05) is 127 Å². The molecule has 1 atom stereocenters. The van der Waals surface area contributed by atoms with Crippen molar-refractivity contribution in [2.45, 2.75) is 110 Å². The summed E-state index contributed by atoms with van der Waals surface area (Å²) in [6, 6.07) is 25.5. The van der Waals surface area contributed by atoms with Gasteiger partial charge in [-0.05, 0) is 84.2 Å². The number of hydrogen-bond acceptors (Lipinski definition) is 5. The Bertz CT molecular complexity index is 1490. The molecule has 0 aliphatic heterocycles. The third kappa shape index (κ3) is 11.8. The molecule has 0 aliphatic carbocycles. The van der Waals surface area contributed by atoms with Crippen LogP contribution in [-0.4, -0.2) is 24.5 Å². The number of benzene rings is 3. The van der Waals surface area contributed by atoms with Crippen molar-refractivity contribution in [3.05, 3.63) is 100 Å². The molecule has 3 aromatic carbocycles. The zero-order chi connectivity index (χ0) is 33.3. The van der Waals surface area contributed by atoms with E-state index in [1.807, 2.05) is 18.4 Å². The van der Waals surface area contributed by atoms with Crippen molar-refractivity contribution in [3.8, 4) is 28.0 Å². The smallest absolute Gasteiger partial charge is 0.338 e. The van der Waals surface area contributed by atoms with E-state index in [2.05, 4.69) is 62.4 Å². The highest BCUT2D eigenvalue weighted by molar-refractivity contribution is 7.12. The summed E-state index contributed by atoms with van der Waals surface area (Å²) in [7, 11) is 0. The summed E-state index contributed by atoms with van der Waals surface area (Å²) < 4.78 is 11.6. The first-order valence-corrected chi connectivity index (χ1v) is 18.6. The van der Waals surface area contributed by atoms with Gasteiger partial charge in [0.2, 0.25) is 5.78 Å². The molecule has 1 heterocycles. The number of thiophene rings is 1. The second kappa shape index (κ2) is 19.8. The van der Waals surface area contributed by atoms with E-state index in [9.17, 15) is 9.59 Å². The Morgan fingerprint density at radius 1 is 0.617 bits per heavy atom. The minimum atomic E-state index is -0.341. The monoisotopic (exact) mass is 652 g/mol. The summed E-state index contributed by atoms with van der Waals surface area (Å²) in [5.74, 6) is 0.528. The molecule has 5 heteroatoms. The van der Waals surface area contributed by atoms with Gasteiger partial charge in [-0.3, -0.25) is 4.79 Å². The van der Waals surface area contributed by atoms with Crippen LogP contribution in [0.2, 0.25) is 0 Å². The van der Waals surface area contributed by atoms with Crippen LogP contribution in [0.1, 0.15) is 130 Å². The van der Waals surface area contributed by atoms with Gasteiger partial charge in [0.1, 0.15) is 5.75 Å². The summed E-state index contributed by atoms with van der Waals surface area (Å²) in [4.78, 5) is 26.5. The van der Waals surface area contributed by atoms with Crippen molar-refractivity contribution in [1.29, 1.82) is 0 Å². The molecule has 4 rings (SSSR count). The zero-order valence-corrected chi connectivity index (χ0v) is 29.4. The highest BCUT2D eigenvalue weighted by Gasteiger charge is 2.16. The Morgan fingerprint density at radius 3 is 1.74 bits per heavy atom. The van der Waals surface area contributed by atoms with Crippen molar-refractivity contribution in [1.82, 2.24) is 0 Å². The van der Waals surface area contributed by atoms with Crippen LogP contribution < -0.4 is 4.74 Å². The summed E-state index contributed by atoms with van der Waals surface area (Å²) in [5, 5.41) is 2.02. The first-order chi connectivity index (χ1) is 23.0. The molecular weight excluding hydrogens is 601 g/mol. The normalized spacial score (nSPS) is 11.7. The van der Waals surface area contributed by atoms with E-state index in [1.165, 1.54) is 69.1 Å². The molecule has 0 spiro atoms. The van der Waals surface area contributed by atoms with Crippen molar-refractivity contribution >= 4 is 23.1 Å². The fourth-order valence-corrected chi connectivity index (χ4v) is 6.58. The minimum Gasteiger partial charge on any atom is -0.494 e. The molecule has 0 bridgehead atoms. The van der Waals surface area contributed by atoms with Crippen LogP contribution >= 0.6 is 11.3 Å². The molecular formula is C42H52O4S. The molecule has 0 amide bonds. The van der Waals surface area contributed by atoms with Gasteiger partial charge in [-0.15, -0.1) is 11.3 Å². The maximum atomic E-state index is 13.2. The fraction of sp³-hybridized carbons (Fsp3) is 0.429. The van der Waals surface area contributed by atoms with Crippen molar-refractivity contribution in [2.75, 3.05) is 6.61 Å². The van der Waals surface area contributed by atoms with E-state index >= 15 is 0 Å². The molecule has 0 unspecified atom stereocenters. The highest BCUT2D eigenvalue weighted by atomic mass is 32.1. The van der Waals surface area contributed by atoms with E-state index in [0.29, 0.717) is 16.0 Å². The molecule has 4 aromatic rings. The standard InChI is InChI=1S/C42H52O4S/c1-4-6-8-10-11-12-13-15-29-45-39-27-25-34(26-28-39)33-17-19-35(20-18-33)38-30-40(47-31-38)41(43)36-21-23-37(24-22-36)42(44)46-32(3)16-14-9-7-5-2/h17-28,30-32H,4-16,29H2,1-3H3/t32-/m0/s1. The van der Waals surface area contributed by atoms with Gasteiger partial charge in [-0.25, -0.2) is 4.79 Å². The summed E-state index contributed by atoms with van der Waals surface area (Å²) in [6.07, 6.45) is 15.7. The first kappa shape index (κ1) is 36.1. The lowest BCUT2D eigenvalue weighted by molar-refractivity contribution is 0.0319. The molecule has 4 nitrogen and oxygen atoms in total. The van der Waals surface area contributed by atoms with Crippen LogP contribution in [0.5, 0.6) is 5.75 Å². The quantitative estimate of drug-likeness (QED) is 0.0510. The molecule has 0 saturated carbocycles. The number of carbonyl (C=O) groups is 2. The van der Waals surface area contributed by atoms with Crippen molar-refractivity contribution in [3.63, 3.8) is 0 Å². The summed E-state index contributed by atoms with van der Waals surface area (Å²) in [6.45, 7) is 7.15. The first-order valence-electron chi connectivity index (χ1n) is 17.8. The van der Waals surface area contributed by atoms with Crippen molar-refractivity contribution < 1.29 is 19.1 Å². The van der Waals surface area contributed by atoms with Crippen LogP contribution in [0.25, 0.3) is 22.3 Å². The van der Waals surface area contributed by atoms with Crippen LogP contribution in [0.4, 0.5) is 0 Å². The highest BCUT2D eigenvalue weighted by Crippen LogP contribution is 2.30. The van der Waals surface area contributed by atoms with E-state index in [1.54, 1.807) is 24.3 Å². The van der Waals surface area contributed by atoms with Gasteiger partial charge in [0.05, 0.1) is 23.2 Å². The Labute approximate surface area is 286 Å². The lowest BCUT2D eigenvalue weighted by atomic mass is 10.0. The number of ether oxygens (including phenoxy) is 2. The van der Waals surface area contributed by atoms with Gasteiger partial charge in [0.25, 0.3) is 0 Å². The Balaban J connectivity index is 1.24. The molecule has 250 valence electrons. The number of carbonyl (C=O) groups excluding carboxylic acids is 2. The van der Waals surface area contributed by atoms with E-state index in [0.717, 1.165) is 60.3 Å². The third-order valence-electron chi connectivity index (χ3n) is 8.65. The Kier molecular flexibility index (Phi) is 15.3. The zero-order valence-electron chi connectivity index (χ0n) is 28.6. The van der Waals surface area contributed by atoms with Crippen LogP contribution in [0.15, 0.2) is 84.2 Å². The molecule has 0 N–H and O–H groups in total. The Hall–Kier alpha value is -3.70. The second-order valence-electron chi connectivity index (χ2n) is 12.6. The average molecular weight is 653 g/mol. The topological polar surface area (TPSA) is 52.6 Å². The van der Waals surface area contributed by atoms with E-state index in [-0.39, 0.29) is 17.9 Å². The van der Waals surface area contributed by atoms with Gasteiger partial charge in [0, 0.05) is 5.56 Å². The molecule has 0 saturated heterocycles. The van der Waals surface area contributed by atoms with Gasteiger partial charge >= 0.3 is 5.97 Å². The number of hydrogen-bond donors (Lipinski definition) is 0. The second-order valence-corrected chi connectivity index (χ2v) is 13.5. The van der Waals surface area contributed by atoms with Crippen molar-refractivity contribution in [2.24, 2.45) is 0 Å². The largest absolute Gasteiger partial charge is 0.494 e. The maximum absolute atomic E-state index is 13.2. The van der Waals surface area contributed by atoms with E-state index < -0.39 is 0 Å².